The Morgan fingerprint density at radius 3 is 2.82 bits per heavy atom. The quantitative estimate of drug-likeness (QED) is 0.623. The second-order valence-corrected chi connectivity index (χ2v) is 6.54. The molecule has 0 radical (unpaired) electrons. The lowest BCUT2D eigenvalue weighted by atomic mass is 10.1. The van der Waals surface area contributed by atoms with E-state index in [2.05, 4.69) is 20.9 Å². The Balaban J connectivity index is 0.00000225. The van der Waals surface area contributed by atoms with E-state index in [1.54, 1.807) is 0 Å². The van der Waals surface area contributed by atoms with Gasteiger partial charge >= 0.3 is 6.03 Å². The average Bonchev–Trinajstić information content (AvgIpc) is 2.95. The fourth-order valence-electron chi connectivity index (χ4n) is 2.99. The van der Waals surface area contributed by atoms with Gasteiger partial charge in [-0.15, -0.1) is 12.4 Å². The molecule has 7 nitrogen and oxygen atoms in total. The molecule has 1 atom stereocenters. The van der Waals surface area contributed by atoms with Crippen molar-refractivity contribution in [3.8, 4) is 11.5 Å². The molecule has 3 N–H and O–H groups in total. The minimum atomic E-state index is -0.228. The van der Waals surface area contributed by atoms with Gasteiger partial charge in [0.1, 0.15) is 5.52 Å². The number of nitrogens with one attached hydrogen (secondary N) is 3. The number of amides is 2. The lowest BCUT2D eigenvalue weighted by Crippen LogP contribution is -2.37. The Morgan fingerprint density at radius 1 is 1.18 bits per heavy atom. The first-order chi connectivity index (χ1) is 13.3. The summed E-state index contributed by atoms with van der Waals surface area (Å²) < 4.78 is 11.2. The first-order valence-electron chi connectivity index (χ1n) is 9.07. The number of halogens is 1. The number of nitrogens with zero attached hydrogens (tertiary/aromatic N) is 1. The van der Waals surface area contributed by atoms with E-state index in [0.29, 0.717) is 24.7 Å². The molecule has 28 heavy (non-hydrogen) atoms. The molecule has 1 aliphatic heterocycles. The Labute approximate surface area is 169 Å². The van der Waals surface area contributed by atoms with Gasteiger partial charge in [0, 0.05) is 36.8 Å². The van der Waals surface area contributed by atoms with Crippen molar-refractivity contribution in [1.82, 2.24) is 15.6 Å². The molecule has 1 saturated heterocycles. The topological polar surface area (TPSA) is 88.4 Å². The van der Waals surface area contributed by atoms with Gasteiger partial charge in [0.05, 0.1) is 13.2 Å². The minimum absolute atomic E-state index is 0. The molecule has 0 saturated carbocycles. The van der Waals surface area contributed by atoms with Crippen molar-refractivity contribution in [2.45, 2.75) is 0 Å². The molecule has 0 bridgehead atoms. The van der Waals surface area contributed by atoms with Gasteiger partial charge in [-0.1, -0.05) is 12.1 Å². The molecule has 148 valence electrons. The highest BCUT2D eigenvalue weighted by Gasteiger charge is 2.13. The van der Waals surface area contributed by atoms with Crippen LogP contribution in [0, 0.1) is 5.92 Å². The molecule has 1 fully saturated rings. The number of hydrogen-bond donors (Lipinski definition) is 3. The molecular formula is C20H23ClN4O3. The largest absolute Gasteiger partial charge is 0.436 e. The number of ether oxygens (including phenoxy) is 1. The summed E-state index contributed by atoms with van der Waals surface area (Å²) in [4.78, 5) is 16.6. The first kappa shape index (κ1) is 20.1. The van der Waals surface area contributed by atoms with Crippen LogP contribution in [0.1, 0.15) is 0 Å². The second kappa shape index (κ2) is 9.54. The highest BCUT2D eigenvalue weighted by atomic mass is 35.5. The van der Waals surface area contributed by atoms with Gasteiger partial charge in [0.15, 0.2) is 5.58 Å². The summed E-state index contributed by atoms with van der Waals surface area (Å²) in [6.07, 6.45) is 0. The van der Waals surface area contributed by atoms with Crippen LogP contribution in [0.3, 0.4) is 0 Å². The minimum Gasteiger partial charge on any atom is -0.436 e. The van der Waals surface area contributed by atoms with Crippen LogP contribution >= 0.6 is 12.4 Å². The maximum Gasteiger partial charge on any atom is 0.319 e. The molecule has 1 aliphatic rings. The summed E-state index contributed by atoms with van der Waals surface area (Å²) in [5, 5.41) is 9.02. The number of oxazole rings is 1. The standard InChI is InChI=1S/C20H22N4O3.ClH/c25-20(22-12-14-11-21-9-10-26-13-14)23-16-7-5-15(6-8-16)19-24-17-3-1-2-4-18(17)27-19;/h1-8,14,21H,9-13H2,(H2,22,23,25);1H. The van der Waals surface area contributed by atoms with E-state index in [9.17, 15) is 4.79 Å². The number of aromatic nitrogens is 1. The van der Waals surface area contributed by atoms with E-state index in [1.165, 1.54) is 0 Å². The smallest absolute Gasteiger partial charge is 0.319 e. The number of fused-ring (bicyclic) bond motifs is 1. The molecule has 1 unspecified atom stereocenters. The molecule has 2 amide bonds. The van der Waals surface area contributed by atoms with E-state index in [-0.39, 0.29) is 24.4 Å². The first-order valence-corrected chi connectivity index (χ1v) is 9.07. The van der Waals surface area contributed by atoms with Crippen molar-refractivity contribution in [2.75, 3.05) is 38.2 Å². The van der Waals surface area contributed by atoms with Crippen LogP contribution in [0.4, 0.5) is 10.5 Å². The summed E-state index contributed by atoms with van der Waals surface area (Å²) in [5.74, 6) is 0.841. The van der Waals surface area contributed by atoms with Crippen molar-refractivity contribution in [2.24, 2.45) is 5.92 Å². The normalized spacial score (nSPS) is 16.8. The fraction of sp³-hybridized carbons (Fsp3) is 0.300. The molecule has 0 spiro atoms. The Bertz CT molecular complexity index is 872. The lowest BCUT2D eigenvalue weighted by Gasteiger charge is -2.15. The fourth-order valence-corrected chi connectivity index (χ4v) is 2.99. The molecule has 2 aromatic carbocycles. The van der Waals surface area contributed by atoms with Gasteiger partial charge in [-0.2, -0.15) is 0 Å². The zero-order chi connectivity index (χ0) is 18.5. The van der Waals surface area contributed by atoms with Gasteiger partial charge in [-0.3, -0.25) is 0 Å². The average molecular weight is 403 g/mol. The Morgan fingerprint density at radius 2 is 2.00 bits per heavy atom. The summed E-state index contributed by atoms with van der Waals surface area (Å²) in [6, 6.07) is 14.8. The van der Waals surface area contributed by atoms with E-state index < -0.39 is 0 Å². The molecular weight excluding hydrogens is 380 g/mol. The summed E-state index contributed by atoms with van der Waals surface area (Å²) in [6.45, 7) is 3.65. The number of urea groups is 1. The van der Waals surface area contributed by atoms with Crippen LogP contribution in [0.2, 0.25) is 0 Å². The van der Waals surface area contributed by atoms with E-state index in [4.69, 9.17) is 9.15 Å². The molecule has 8 heteroatoms. The van der Waals surface area contributed by atoms with Gasteiger partial charge in [-0.05, 0) is 36.4 Å². The number of carbonyl (C=O) groups is 1. The van der Waals surface area contributed by atoms with Crippen LogP contribution in [0.15, 0.2) is 52.9 Å². The van der Waals surface area contributed by atoms with Crippen LogP contribution in [0.5, 0.6) is 0 Å². The maximum atomic E-state index is 12.1. The van der Waals surface area contributed by atoms with Crippen molar-refractivity contribution in [3.05, 3.63) is 48.5 Å². The van der Waals surface area contributed by atoms with Crippen molar-refractivity contribution < 1.29 is 13.9 Å². The monoisotopic (exact) mass is 402 g/mol. The summed E-state index contributed by atoms with van der Waals surface area (Å²) in [7, 11) is 0. The number of anilines is 1. The van der Waals surface area contributed by atoms with E-state index >= 15 is 0 Å². The number of hydrogen-bond acceptors (Lipinski definition) is 5. The zero-order valence-corrected chi connectivity index (χ0v) is 16.1. The third-order valence-electron chi connectivity index (χ3n) is 4.44. The maximum absolute atomic E-state index is 12.1. The van der Waals surface area contributed by atoms with Crippen LogP contribution in [-0.2, 0) is 4.74 Å². The van der Waals surface area contributed by atoms with Crippen LogP contribution in [-0.4, -0.2) is 43.9 Å². The van der Waals surface area contributed by atoms with Crippen LogP contribution < -0.4 is 16.0 Å². The Kier molecular flexibility index (Phi) is 6.86. The highest BCUT2D eigenvalue weighted by molar-refractivity contribution is 5.89. The molecule has 0 aliphatic carbocycles. The number of para-hydroxylation sites is 2. The van der Waals surface area contributed by atoms with Crippen molar-refractivity contribution in [3.63, 3.8) is 0 Å². The lowest BCUT2D eigenvalue weighted by molar-refractivity contribution is 0.123. The summed E-state index contributed by atoms with van der Waals surface area (Å²) in [5.41, 5.74) is 3.15. The van der Waals surface area contributed by atoms with Crippen LogP contribution in [0.25, 0.3) is 22.6 Å². The molecule has 4 rings (SSSR count). The number of benzene rings is 2. The predicted molar refractivity (Wildman–Crippen MR) is 111 cm³/mol. The number of rotatable bonds is 4. The number of carbonyl (C=O) groups excluding carboxylic acids is 1. The van der Waals surface area contributed by atoms with Gasteiger partial charge in [0.25, 0.3) is 0 Å². The molecule has 2 heterocycles. The van der Waals surface area contributed by atoms with E-state index in [0.717, 1.165) is 36.4 Å². The zero-order valence-electron chi connectivity index (χ0n) is 15.3. The molecule has 3 aromatic rings. The predicted octanol–water partition coefficient (Wildman–Crippen LogP) is 3.27. The van der Waals surface area contributed by atoms with Gasteiger partial charge < -0.3 is 25.1 Å². The van der Waals surface area contributed by atoms with Crippen molar-refractivity contribution >= 4 is 35.2 Å². The Hall–Kier alpha value is -2.61. The summed E-state index contributed by atoms with van der Waals surface area (Å²) >= 11 is 0. The highest BCUT2D eigenvalue weighted by Crippen LogP contribution is 2.25. The third-order valence-corrected chi connectivity index (χ3v) is 4.44. The van der Waals surface area contributed by atoms with Gasteiger partial charge in [-0.25, -0.2) is 9.78 Å². The molecule has 1 aromatic heterocycles. The third kappa shape index (κ3) is 5.01. The van der Waals surface area contributed by atoms with E-state index in [1.807, 2.05) is 48.5 Å². The van der Waals surface area contributed by atoms with Gasteiger partial charge in [0.2, 0.25) is 5.89 Å². The van der Waals surface area contributed by atoms with Crippen molar-refractivity contribution in [1.29, 1.82) is 0 Å². The second-order valence-electron chi connectivity index (χ2n) is 6.54. The SMILES string of the molecule is Cl.O=C(NCC1CNCCOC1)Nc1ccc(-c2nc3ccccc3o2)cc1.